The van der Waals surface area contributed by atoms with E-state index in [9.17, 15) is 28.8 Å². The Bertz CT molecular complexity index is 1470. The number of rotatable bonds is 8. The second-order valence-corrected chi connectivity index (χ2v) is 6.97. The van der Waals surface area contributed by atoms with Crippen molar-refractivity contribution in [1.82, 2.24) is 9.97 Å². The molecule has 0 saturated heterocycles. The van der Waals surface area contributed by atoms with E-state index in [0.29, 0.717) is 0 Å². The minimum absolute atomic E-state index is 0.0364. The third-order valence-corrected chi connectivity index (χ3v) is 4.59. The molecule has 1 heterocycles. The molecule has 4 N–H and O–H groups in total. The Balaban J connectivity index is 1.77. The van der Waals surface area contributed by atoms with Gasteiger partial charge in [-0.2, -0.15) is 0 Å². The largest absolute Gasteiger partial charge is 0.494 e. The molecular formula is C21H17N5O9. The first-order valence-corrected chi connectivity index (χ1v) is 9.71. The molecule has 2 aromatic carbocycles. The zero-order chi connectivity index (χ0) is 25.7. The second kappa shape index (κ2) is 10.2. The predicted octanol–water partition coefficient (Wildman–Crippen LogP) is 1.04. The molecule has 0 aliphatic carbocycles. The Morgan fingerprint density at radius 2 is 1.54 bits per heavy atom. The maximum Gasteiger partial charge on any atom is 0.367 e. The number of aromatic carboxylic acids is 1. The fraction of sp³-hybridized carbons (Fsp3) is 0.143. The summed E-state index contributed by atoms with van der Waals surface area (Å²) in [5.74, 6) is -3.76. The maximum absolute atomic E-state index is 12.7. The zero-order valence-electron chi connectivity index (χ0n) is 18.1. The van der Waals surface area contributed by atoms with Crippen molar-refractivity contribution in [1.29, 1.82) is 0 Å². The average Bonchev–Trinajstić information content (AvgIpc) is 2.82. The number of carbonyl (C=O) groups excluding carboxylic acids is 3. The summed E-state index contributed by atoms with van der Waals surface area (Å²) in [4.78, 5) is 79.9. The number of carboxylic acids is 1. The van der Waals surface area contributed by atoms with Crippen LogP contribution in [0.3, 0.4) is 0 Å². The number of nitrogens with one attached hydrogen (secondary N) is 3. The topological polar surface area (TPSA) is 209 Å². The minimum atomic E-state index is -1.70. The van der Waals surface area contributed by atoms with Crippen LogP contribution in [0, 0.1) is 0 Å². The number of Topliss-reactive ketones (excluding diaryl/α,β-unsaturated/α-hetero) is 1. The van der Waals surface area contributed by atoms with Crippen molar-refractivity contribution in [2.75, 3.05) is 12.4 Å². The lowest BCUT2D eigenvalue weighted by molar-refractivity contribution is -0.126. The van der Waals surface area contributed by atoms with E-state index >= 15 is 0 Å². The van der Waals surface area contributed by atoms with Crippen molar-refractivity contribution in [2.45, 2.75) is 13.0 Å². The number of nitrogens with zero attached hydrogens (tertiary/aromatic N) is 2. The Morgan fingerprint density at radius 3 is 2.09 bits per heavy atom. The molecule has 0 aliphatic heterocycles. The Morgan fingerprint density at radius 1 is 0.971 bits per heavy atom. The molecule has 1 aromatic heterocycles. The summed E-state index contributed by atoms with van der Waals surface area (Å²) < 4.78 is 5.18. The second-order valence-electron chi connectivity index (χ2n) is 6.97. The van der Waals surface area contributed by atoms with Gasteiger partial charge in [0.2, 0.25) is 6.04 Å². The van der Waals surface area contributed by atoms with Crippen LogP contribution in [0.5, 0.6) is 5.75 Å². The molecule has 0 radical (unpaired) electrons. The number of fused-ring (bicyclic) bond motifs is 1. The van der Waals surface area contributed by atoms with Gasteiger partial charge in [-0.3, -0.25) is 24.0 Å². The average molecular weight is 483 g/mol. The first-order chi connectivity index (χ1) is 16.6. The first kappa shape index (κ1) is 24.5. The van der Waals surface area contributed by atoms with E-state index in [1.165, 1.54) is 43.5 Å². The lowest BCUT2D eigenvalue weighted by Gasteiger charge is -2.13. The molecule has 3 rings (SSSR count). The number of carbonyl (C=O) groups is 4. The highest BCUT2D eigenvalue weighted by molar-refractivity contribution is 6.11. The van der Waals surface area contributed by atoms with E-state index < -0.39 is 40.8 Å². The van der Waals surface area contributed by atoms with Crippen LogP contribution < -0.4 is 21.2 Å². The van der Waals surface area contributed by atoms with Crippen LogP contribution in [0.15, 0.2) is 56.4 Å². The van der Waals surface area contributed by atoms with Crippen molar-refractivity contribution >= 4 is 40.3 Å². The highest BCUT2D eigenvalue weighted by atomic mass is 16.7. The van der Waals surface area contributed by atoms with Crippen molar-refractivity contribution in [3.05, 3.63) is 68.2 Å². The number of hydrogen-bond donors (Lipinski definition) is 4. The van der Waals surface area contributed by atoms with Crippen molar-refractivity contribution in [3.8, 4) is 5.75 Å². The molecule has 1 atom stereocenters. The Hall–Kier alpha value is -5.14. The number of anilines is 1. The van der Waals surface area contributed by atoms with Gasteiger partial charge in [-0.1, -0.05) is 0 Å². The van der Waals surface area contributed by atoms with Gasteiger partial charge in [-0.05, 0) is 37.3 Å². The molecule has 0 aliphatic rings. The molecular weight excluding hydrogens is 466 g/mol. The molecule has 1 amide bonds. The quantitative estimate of drug-likeness (QED) is 0.156. The van der Waals surface area contributed by atoms with Gasteiger partial charge >= 0.3 is 23.1 Å². The van der Waals surface area contributed by atoms with Crippen LogP contribution in [0.25, 0.3) is 11.0 Å². The monoisotopic (exact) mass is 483 g/mol. The summed E-state index contributed by atoms with van der Waals surface area (Å²) >= 11 is 0. The van der Waals surface area contributed by atoms with Crippen LogP contribution >= 0.6 is 0 Å². The van der Waals surface area contributed by atoms with Gasteiger partial charge in [0.05, 0.1) is 35.0 Å². The third kappa shape index (κ3) is 5.62. The molecule has 14 nitrogen and oxygen atoms in total. The summed E-state index contributed by atoms with van der Waals surface area (Å²) in [6.45, 7) is 1.07. The van der Waals surface area contributed by atoms with Gasteiger partial charge in [-0.15, -0.1) is 5.11 Å². The summed E-state index contributed by atoms with van der Waals surface area (Å²) in [6.07, 6.45) is 0. The molecule has 1 unspecified atom stereocenters. The fourth-order valence-electron chi connectivity index (χ4n) is 2.84. The SMILES string of the molecule is COc1cc2[nH]c(=O)c(=O)[nH]c2cc1NC(=O)C(N=NOC(=O)c1ccc(C(=O)O)cc1)C(C)=O. The number of amides is 1. The van der Waals surface area contributed by atoms with Crippen molar-refractivity contribution in [3.63, 3.8) is 0 Å². The van der Waals surface area contributed by atoms with Gasteiger partial charge in [0.15, 0.2) is 5.78 Å². The minimum Gasteiger partial charge on any atom is -0.494 e. The summed E-state index contributed by atoms with van der Waals surface area (Å²) in [7, 11) is 1.30. The van der Waals surface area contributed by atoms with E-state index in [1.807, 2.05) is 0 Å². The number of methoxy groups -OCH3 is 1. The van der Waals surface area contributed by atoms with E-state index in [4.69, 9.17) is 9.84 Å². The number of ketones is 1. The summed E-state index contributed by atoms with van der Waals surface area (Å²) in [5, 5.41) is 17.9. The smallest absolute Gasteiger partial charge is 0.367 e. The summed E-state index contributed by atoms with van der Waals surface area (Å²) in [6, 6.07) is 5.71. The van der Waals surface area contributed by atoms with Crippen LogP contribution in [0.2, 0.25) is 0 Å². The lowest BCUT2D eigenvalue weighted by Crippen LogP contribution is -2.32. The molecule has 0 spiro atoms. The number of carboxylic acid groups (broad SMARTS) is 1. The number of hydrogen-bond acceptors (Lipinski definition) is 10. The molecule has 0 fully saturated rings. The molecule has 14 heteroatoms. The molecule has 35 heavy (non-hydrogen) atoms. The van der Waals surface area contributed by atoms with Crippen LogP contribution in [-0.4, -0.2) is 51.9 Å². The van der Waals surface area contributed by atoms with Gasteiger partial charge in [0.25, 0.3) is 5.91 Å². The van der Waals surface area contributed by atoms with Gasteiger partial charge in [0, 0.05) is 11.3 Å². The lowest BCUT2D eigenvalue weighted by atomic mass is 10.1. The first-order valence-electron chi connectivity index (χ1n) is 9.71. The third-order valence-electron chi connectivity index (χ3n) is 4.59. The van der Waals surface area contributed by atoms with Crippen molar-refractivity contribution in [2.24, 2.45) is 10.4 Å². The summed E-state index contributed by atoms with van der Waals surface area (Å²) in [5.41, 5.74) is -1.41. The standard InChI is InChI=1S/C21H17N5O9/c1-9(27)16(25-26-35-21(33)11-5-3-10(4-6-11)20(31)32)17(28)24-14-7-12-13(8-15(14)34-2)23-19(30)18(29)22-12/h3-8,16H,1-2H3,(H,22,29)(H,23,30)(H,24,28)(H,31,32). The highest BCUT2D eigenvalue weighted by Gasteiger charge is 2.25. The molecule has 0 saturated carbocycles. The number of ether oxygens (including phenoxy) is 1. The maximum atomic E-state index is 12.7. The number of H-pyrrole nitrogens is 2. The van der Waals surface area contributed by atoms with E-state index in [2.05, 4.69) is 30.5 Å². The van der Waals surface area contributed by atoms with E-state index in [1.54, 1.807) is 0 Å². The van der Waals surface area contributed by atoms with Crippen LogP contribution in [0.4, 0.5) is 5.69 Å². The molecule has 0 bridgehead atoms. The Labute approximate surface area is 194 Å². The Kier molecular flexibility index (Phi) is 7.14. The number of benzene rings is 2. The predicted molar refractivity (Wildman–Crippen MR) is 119 cm³/mol. The van der Waals surface area contributed by atoms with Gasteiger partial charge in [-0.25, -0.2) is 9.59 Å². The van der Waals surface area contributed by atoms with Crippen LogP contribution in [-0.2, 0) is 14.4 Å². The van der Waals surface area contributed by atoms with E-state index in [0.717, 1.165) is 6.92 Å². The fourth-order valence-corrected chi connectivity index (χ4v) is 2.84. The highest BCUT2D eigenvalue weighted by Crippen LogP contribution is 2.28. The van der Waals surface area contributed by atoms with Crippen LogP contribution in [0.1, 0.15) is 27.6 Å². The number of aromatic nitrogens is 2. The van der Waals surface area contributed by atoms with E-state index in [-0.39, 0.29) is 33.6 Å². The van der Waals surface area contributed by atoms with Crippen molar-refractivity contribution < 1.29 is 33.9 Å². The normalized spacial score (nSPS) is 11.7. The number of aromatic amines is 2. The van der Waals surface area contributed by atoms with Gasteiger partial charge in [0.1, 0.15) is 5.75 Å². The van der Waals surface area contributed by atoms with Gasteiger partial charge < -0.3 is 25.1 Å². The molecule has 3 aromatic rings. The zero-order valence-corrected chi connectivity index (χ0v) is 18.1. The molecule has 180 valence electrons.